The second kappa shape index (κ2) is 6.68. The summed E-state index contributed by atoms with van der Waals surface area (Å²) in [6.07, 6.45) is 11.3. The van der Waals surface area contributed by atoms with E-state index in [0.717, 1.165) is 19.3 Å². The monoisotopic (exact) mass is 320 g/mol. The highest BCUT2D eigenvalue weighted by atomic mass is 16.3. The van der Waals surface area contributed by atoms with Gasteiger partial charge in [0.1, 0.15) is 5.78 Å². The number of rotatable bonds is 4. The smallest absolute Gasteiger partial charge is 0.139 e. The summed E-state index contributed by atoms with van der Waals surface area (Å²) in [5.74, 6) is 1.38. The Morgan fingerprint density at radius 2 is 1.87 bits per heavy atom. The molecule has 130 valence electrons. The zero-order chi connectivity index (χ0) is 16.6. The summed E-state index contributed by atoms with van der Waals surface area (Å²) < 4.78 is 0. The largest absolute Gasteiger partial charge is 0.393 e. The molecule has 0 aliphatic heterocycles. The third kappa shape index (κ3) is 2.91. The molecule has 0 radical (unpaired) electrons. The van der Waals surface area contributed by atoms with E-state index in [0.29, 0.717) is 30.5 Å². The van der Waals surface area contributed by atoms with E-state index in [1.165, 1.54) is 19.3 Å². The summed E-state index contributed by atoms with van der Waals surface area (Å²) in [7, 11) is 0. The summed E-state index contributed by atoms with van der Waals surface area (Å²) in [5.41, 5.74) is -0.218. The molecule has 3 nitrogen and oxygen atoms in total. The highest BCUT2D eigenvalue weighted by molar-refractivity contribution is 5.92. The predicted molar refractivity (Wildman–Crippen MR) is 90.8 cm³/mol. The number of hydrogen-bond acceptors (Lipinski definition) is 3. The lowest BCUT2D eigenvalue weighted by atomic mass is 9.45. The molecule has 3 saturated carbocycles. The van der Waals surface area contributed by atoms with Gasteiger partial charge in [-0.2, -0.15) is 0 Å². The second-order valence-corrected chi connectivity index (χ2v) is 8.39. The fourth-order valence-corrected chi connectivity index (χ4v) is 5.48. The number of Topliss-reactive ketones (excluding diaryl/α,β-unsaturated/α-hetero) is 1. The van der Waals surface area contributed by atoms with E-state index in [4.69, 9.17) is 0 Å². The van der Waals surface area contributed by atoms with Crippen molar-refractivity contribution < 1.29 is 15.0 Å². The van der Waals surface area contributed by atoms with E-state index < -0.39 is 6.10 Å². The van der Waals surface area contributed by atoms with Gasteiger partial charge in [-0.05, 0) is 43.4 Å². The van der Waals surface area contributed by atoms with Crippen LogP contribution in [0, 0.1) is 29.1 Å². The minimum Gasteiger partial charge on any atom is -0.393 e. The molecular weight excluding hydrogens is 288 g/mol. The number of aliphatic hydroxyl groups is 2. The van der Waals surface area contributed by atoms with Crippen molar-refractivity contribution in [2.24, 2.45) is 29.1 Å². The van der Waals surface area contributed by atoms with Crippen molar-refractivity contribution in [3.05, 3.63) is 12.2 Å². The van der Waals surface area contributed by atoms with E-state index >= 15 is 0 Å². The maximum atomic E-state index is 12.3. The lowest BCUT2D eigenvalue weighted by Gasteiger charge is -2.57. The molecular formula is C20H32O3. The highest BCUT2D eigenvalue weighted by Crippen LogP contribution is 2.59. The zero-order valence-corrected chi connectivity index (χ0v) is 14.6. The fraction of sp³-hybridized carbons (Fsp3) is 0.850. The molecule has 0 bridgehead atoms. The summed E-state index contributed by atoms with van der Waals surface area (Å²) in [5, 5.41) is 20.9. The third-order valence-corrected chi connectivity index (χ3v) is 7.04. The first-order valence-corrected chi connectivity index (χ1v) is 9.54. The van der Waals surface area contributed by atoms with Crippen LogP contribution >= 0.6 is 0 Å². The topological polar surface area (TPSA) is 57.5 Å². The van der Waals surface area contributed by atoms with Crippen molar-refractivity contribution >= 4 is 5.78 Å². The number of carbonyl (C=O) groups is 1. The van der Waals surface area contributed by atoms with Crippen molar-refractivity contribution in [2.75, 3.05) is 0 Å². The molecule has 3 fully saturated rings. The molecule has 0 aromatic heterocycles. The molecule has 0 unspecified atom stereocenters. The number of aliphatic hydroxyl groups excluding tert-OH is 2. The Hall–Kier alpha value is -0.670. The maximum Gasteiger partial charge on any atom is 0.139 e. The Morgan fingerprint density at radius 1 is 1.17 bits per heavy atom. The Labute approximate surface area is 140 Å². The van der Waals surface area contributed by atoms with E-state index in [2.05, 4.69) is 13.8 Å². The molecule has 0 heterocycles. The first kappa shape index (κ1) is 17.2. The van der Waals surface area contributed by atoms with Gasteiger partial charge in [0.2, 0.25) is 0 Å². The van der Waals surface area contributed by atoms with E-state index in [-0.39, 0.29) is 23.4 Å². The number of hydrogen-bond donors (Lipinski definition) is 2. The minimum atomic E-state index is -0.395. The first-order chi connectivity index (χ1) is 11.0. The van der Waals surface area contributed by atoms with Crippen LogP contribution in [-0.4, -0.2) is 28.2 Å². The molecule has 5 atom stereocenters. The van der Waals surface area contributed by atoms with Gasteiger partial charge in [0.25, 0.3) is 0 Å². The molecule has 23 heavy (non-hydrogen) atoms. The molecule has 0 spiro atoms. The number of ketones is 1. The van der Waals surface area contributed by atoms with Gasteiger partial charge in [-0.15, -0.1) is 0 Å². The molecule has 3 heteroatoms. The van der Waals surface area contributed by atoms with Crippen molar-refractivity contribution in [3.8, 4) is 0 Å². The molecule has 0 aromatic carbocycles. The molecule has 3 aliphatic rings. The lowest BCUT2D eigenvalue weighted by molar-refractivity contribution is -0.167. The highest BCUT2D eigenvalue weighted by Gasteiger charge is 2.61. The fourth-order valence-electron chi connectivity index (χ4n) is 5.48. The van der Waals surface area contributed by atoms with Gasteiger partial charge in [0, 0.05) is 17.8 Å². The van der Waals surface area contributed by atoms with Crippen LogP contribution in [0.15, 0.2) is 12.2 Å². The molecule has 3 rings (SSSR count). The van der Waals surface area contributed by atoms with Gasteiger partial charge < -0.3 is 10.2 Å². The second-order valence-electron chi connectivity index (χ2n) is 8.39. The average Bonchev–Trinajstić information content (AvgIpc) is 2.54. The average molecular weight is 320 g/mol. The summed E-state index contributed by atoms with van der Waals surface area (Å²) >= 11 is 0. The third-order valence-electron chi connectivity index (χ3n) is 7.04. The van der Waals surface area contributed by atoms with Crippen LogP contribution in [-0.2, 0) is 4.79 Å². The first-order valence-electron chi connectivity index (χ1n) is 9.54. The van der Waals surface area contributed by atoms with Gasteiger partial charge in [-0.1, -0.05) is 45.3 Å². The zero-order valence-electron chi connectivity index (χ0n) is 14.6. The Kier molecular flexibility index (Phi) is 4.98. The van der Waals surface area contributed by atoms with Crippen molar-refractivity contribution in [3.63, 3.8) is 0 Å². The summed E-state index contributed by atoms with van der Waals surface area (Å²) in [4.78, 5) is 12.3. The van der Waals surface area contributed by atoms with E-state index in [1.807, 2.05) is 12.2 Å². The van der Waals surface area contributed by atoms with Gasteiger partial charge in [-0.3, -0.25) is 4.79 Å². The molecule has 0 saturated heterocycles. The minimum absolute atomic E-state index is 0.0297. The van der Waals surface area contributed by atoms with Crippen LogP contribution in [0.3, 0.4) is 0 Å². The molecule has 2 N–H and O–H groups in total. The maximum absolute atomic E-state index is 12.3. The molecule has 0 aromatic rings. The van der Waals surface area contributed by atoms with Gasteiger partial charge in [-0.25, -0.2) is 0 Å². The van der Waals surface area contributed by atoms with Crippen molar-refractivity contribution in [1.82, 2.24) is 0 Å². The normalized spacial score (nSPS) is 40.2. The van der Waals surface area contributed by atoms with Crippen LogP contribution in [0.25, 0.3) is 0 Å². The Bertz CT molecular complexity index is 464. The van der Waals surface area contributed by atoms with Crippen molar-refractivity contribution in [2.45, 2.75) is 77.4 Å². The van der Waals surface area contributed by atoms with Gasteiger partial charge in [0.05, 0.1) is 12.2 Å². The van der Waals surface area contributed by atoms with Gasteiger partial charge in [0.15, 0.2) is 0 Å². The molecule has 0 amide bonds. The van der Waals surface area contributed by atoms with E-state index in [9.17, 15) is 15.0 Å². The van der Waals surface area contributed by atoms with Crippen LogP contribution in [0.1, 0.15) is 65.2 Å². The van der Waals surface area contributed by atoms with Crippen LogP contribution in [0.4, 0.5) is 0 Å². The van der Waals surface area contributed by atoms with Crippen LogP contribution < -0.4 is 0 Å². The standard InChI is InChI=1S/C20H32O3/c1-13(2)20-11-10-18(22)15(16(20)12-19(20)23)8-9-17(21)14-6-4-3-5-7-14/h8-9,13-18,21-22H,3-7,10-12H2,1-2H3/b9-8+/t15-,16-,17+,18-,20-/m0/s1. The number of carbonyl (C=O) groups excluding carboxylic acids is 1. The van der Waals surface area contributed by atoms with Crippen LogP contribution in [0.5, 0.6) is 0 Å². The SMILES string of the molecule is CC(C)[C@@]12CC[C@H](O)[C@@H](/C=C/[C@@H](O)C3CCCCC3)[C@@H]1CC2=O. The summed E-state index contributed by atoms with van der Waals surface area (Å²) in [6, 6.07) is 0. The lowest BCUT2D eigenvalue weighted by Crippen LogP contribution is -2.60. The Morgan fingerprint density at radius 3 is 2.48 bits per heavy atom. The quantitative estimate of drug-likeness (QED) is 0.780. The van der Waals surface area contributed by atoms with Crippen LogP contribution in [0.2, 0.25) is 0 Å². The predicted octanol–water partition coefficient (Wildman–Crippen LogP) is 3.49. The summed E-state index contributed by atoms with van der Waals surface area (Å²) in [6.45, 7) is 4.28. The van der Waals surface area contributed by atoms with Crippen molar-refractivity contribution in [1.29, 1.82) is 0 Å². The molecule has 3 aliphatic carbocycles. The van der Waals surface area contributed by atoms with E-state index in [1.54, 1.807) is 0 Å². The number of fused-ring (bicyclic) bond motifs is 1. The van der Waals surface area contributed by atoms with Gasteiger partial charge >= 0.3 is 0 Å². The Balaban J connectivity index is 1.70.